The molecule has 1 rings (SSSR count). The van der Waals surface area contributed by atoms with Gasteiger partial charge in [0.2, 0.25) is 0 Å². The smallest absolute Gasteiger partial charge is 0.346 e. The molecule has 0 spiro atoms. The van der Waals surface area contributed by atoms with Gasteiger partial charge in [-0.1, -0.05) is 0 Å². The summed E-state index contributed by atoms with van der Waals surface area (Å²) in [6.45, 7) is 5.45. The van der Waals surface area contributed by atoms with E-state index in [0.717, 1.165) is 5.56 Å². The molecule has 0 amide bonds. The third-order valence-corrected chi connectivity index (χ3v) is 3.74. The molecule has 0 aliphatic carbocycles. The van der Waals surface area contributed by atoms with Crippen LogP contribution in [0.3, 0.4) is 0 Å². The minimum Gasteiger partial charge on any atom is -0.477 e. The van der Waals surface area contributed by atoms with Crippen molar-refractivity contribution in [3.63, 3.8) is 0 Å². The highest BCUT2D eigenvalue weighted by atomic mass is 32.2. The molecule has 0 radical (unpaired) electrons. The van der Waals surface area contributed by atoms with Crippen molar-refractivity contribution in [3.05, 3.63) is 21.9 Å². The van der Waals surface area contributed by atoms with E-state index in [4.69, 9.17) is 9.84 Å². The highest BCUT2D eigenvalue weighted by Crippen LogP contribution is 2.22. The van der Waals surface area contributed by atoms with Gasteiger partial charge < -0.3 is 9.84 Å². The fourth-order valence-electron chi connectivity index (χ4n) is 1.25. The first kappa shape index (κ1) is 15.0. The Labute approximate surface area is 114 Å². The summed E-state index contributed by atoms with van der Waals surface area (Å²) in [7, 11) is 0. The van der Waals surface area contributed by atoms with Crippen molar-refractivity contribution in [1.82, 2.24) is 0 Å². The number of carbonyl (C=O) groups excluding carboxylic acids is 1. The summed E-state index contributed by atoms with van der Waals surface area (Å²) in [4.78, 5) is 22.7. The van der Waals surface area contributed by atoms with Crippen molar-refractivity contribution < 1.29 is 19.4 Å². The van der Waals surface area contributed by atoms with E-state index in [1.54, 1.807) is 11.4 Å². The number of thiophene rings is 1. The second-order valence-corrected chi connectivity index (χ2v) is 6.56. The minimum absolute atomic E-state index is 0.228. The number of hydrogen-bond acceptors (Lipinski definition) is 5. The predicted octanol–water partition coefficient (Wildman–Crippen LogP) is 3.02. The fourth-order valence-corrected chi connectivity index (χ4v) is 2.89. The highest BCUT2D eigenvalue weighted by Gasteiger charge is 2.17. The van der Waals surface area contributed by atoms with Crippen LogP contribution >= 0.6 is 23.1 Å². The molecule has 4 nitrogen and oxygen atoms in total. The zero-order valence-electron chi connectivity index (χ0n) is 10.6. The normalized spacial score (nSPS) is 11.3. The van der Waals surface area contributed by atoms with Gasteiger partial charge in [-0.25, -0.2) is 4.79 Å². The summed E-state index contributed by atoms with van der Waals surface area (Å²) in [5, 5.41) is 10.7. The Bertz CT molecular complexity index is 432. The molecule has 0 unspecified atom stereocenters. The standard InChI is InChI=1S/C12H16O4S2/c1-12(2,3)16-9(13)7-17-6-8-4-5-18-10(8)11(14)15/h4-5H,6-7H2,1-3H3,(H,14,15). The van der Waals surface area contributed by atoms with E-state index in [0.29, 0.717) is 10.6 Å². The zero-order chi connectivity index (χ0) is 13.8. The van der Waals surface area contributed by atoms with E-state index < -0.39 is 11.6 Å². The summed E-state index contributed by atoms with van der Waals surface area (Å²) in [6.07, 6.45) is 0. The molecule has 1 aromatic heterocycles. The summed E-state index contributed by atoms with van der Waals surface area (Å²) in [5.41, 5.74) is 0.271. The van der Waals surface area contributed by atoms with Crippen LogP contribution in [0.1, 0.15) is 36.0 Å². The highest BCUT2D eigenvalue weighted by molar-refractivity contribution is 7.99. The molecule has 1 N–H and O–H groups in total. The van der Waals surface area contributed by atoms with Gasteiger partial charge in [0.05, 0.1) is 5.75 Å². The Kier molecular flexibility index (Phi) is 5.22. The van der Waals surface area contributed by atoms with Gasteiger partial charge in [-0.15, -0.1) is 23.1 Å². The van der Waals surface area contributed by atoms with Gasteiger partial charge in [-0.05, 0) is 37.8 Å². The predicted molar refractivity (Wildman–Crippen MR) is 73.3 cm³/mol. The SMILES string of the molecule is CC(C)(C)OC(=O)CSCc1ccsc1C(=O)O. The second-order valence-electron chi connectivity index (χ2n) is 4.66. The Morgan fingerprint density at radius 3 is 2.67 bits per heavy atom. The lowest BCUT2D eigenvalue weighted by Gasteiger charge is -2.19. The number of ether oxygens (including phenoxy) is 1. The van der Waals surface area contributed by atoms with Gasteiger partial charge in [-0.2, -0.15) is 0 Å². The quantitative estimate of drug-likeness (QED) is 0.844. The molecule has 0 fully saturated rings. The molecule has 6 heteroatoms. The number of aromatic carboxylic acids is 1. The van der Waals surface area contributed by atoms with Gasteiger partial charge in [0.25, 0.3) is 0 Å². The van der Waals surface area contributed by atoms with Crippen LogP contribution in [0.2, 0.25) is 0 Å². The van der Waals surface area contributed by atoms with Gasteiger partial charge in [0.1, 0.15) is 10.5 Å². The number of rotatable bonds is 5. The van der Waals surface area contributed by atoms with Crippen LogP contribution in [0.15, 0.2) is 11.4 Å². The van der Waals surface area contributed by atoms with Crippen LogP contribution in [-0.4, -0.2) is 28.4 Å². The van der Waals surface area contributed by atoms with Crippen LogP contribution < -0.4 is 0 Å². The van der Waals surface area contributed by atoms with Crippen LogP contribution in [0.5, 0.6) is 0 Å². The molecule has 0 aliphatic heterocycles. The van der Waals surface area contributed by atoms with Crippen molar-refractivity contribution in [2.24, 2.45) is 0 Å². The van der Waals surface area contributed by atoms with E-state index >= 15 is 0 Å². The maximum Gasteiger partial charge on any atom is 0.346 e. The molecule has 18 heavy (non-hydrogen) atoms. The maximum atomic E-state index is 11.4. The van der Waals surface area contributed by atoms with E-state index in [2.05, 4.69) is 0 Å². The van der Waals surface area contributed by atoms with Gasteiger partial charge in [0, 0.05) is 5.75 Å². The first-order valence-electron chi connectivity index (χ1n) is 5.39. The number of carboxylic acid groups (broad SMARTS) is 1. The van der Waals surface area contributed by atoms with Crippen molar-refractivity contribution in [2.75, 3.05) is 5.75 Å². The van der Waals surface area contributed by atoms with Crippen LogP contribution in [-0.2, 0) is 15.3 Å². The van der Waals surface area contributed by atoms with Gasteiger partial charge >= 0.3 is 11.9 Å². The van der Waals surface area contributed by atoms with Crippen molar-refractivity contribution in [2.45, 2.75) is 32.1 Å². The molecular formula is C12H16O4S2. The lowest BCUT2D eigenvalue weighted by Crippen LogP contribution is -2.24. The monoisotopic (exact) mass is 288 g/mol. The maximum absolute atomic E-state index is 11.4. The average Bonchev–Trinajstić information content (AvgIpc) is 2.62. The number of carboxylic acids is 1. The van der Waals surface area contributed by atoms with E-state index in [9.17, 15) is 9.59 Å². The Morgan fingerprint density at radius 2 is 2.11 bits per heavy atom. The van der Waals surface area contributed by atoms with Crippen LogP contribution in [0.4, 0.5) is 0 Å². The molecule has 0 atom stereocenters. The molecule has 0 saturated carbocycles. The number of thioether (sulfide) groups is 1. The second kappa shape index (κ2) is 6.24. The van der Waals surface area contributed by atoms with Gasteiger partial charge in [0.15, 0.2) is 0 Å². The first-order valence-corrected chi connectivity index (χ1v) is 7.42. The zero-order valence-corrected chi connectivity index (χ0v) is 12.2. The summed E-state index contributed by atoms with van der Waals surface area (Å²) in [5.74, 6) is -0.464. The molecule has 1 heterocycles. The lowest BCUT2D eigenvalue weighted by molar-refractivity contribution is -0.151. The molecule has 0 bridgehead atoms. The molecule has 1 aromatic rings. The first-order chi connectivity index (χ1) is 8.29. The largest absolute Gasteiger partial charge is 0.477 e. The number of esters is 1. The van der Waals surface area contributed by atoms with Crippen molar-refractivity contribution in [3.8, 4) is 0 Å². The lowest BCUT2D eigenvalue weighted by atomic mass is 10.2. The molecule has 100 valence electrons. The minimum atomic E-state index is -0.919. The van der Waals surface area contributed by atoms with E-state index in [1.807, 2.05) is 20.8 Å². The third-order valence-electron chi connectivity index (χ3n) is 1.84. The number of hydrogen-bond donors (Lipinski definition) is 1. The average molecular weight is 288 g/mol. The van der Waals surface area contributed by atoms with E-state index in [1.165, 1.54) is 23.1 Å². The van der Waals surface area contributed by atoms with Crippen molar-refractivity contribution >= 4 is 35.0 Å². The number of carbonyl (C=O) groups is 2. The molecule has 0 aliphatic rings. The topological polar surface area (TPSA) is 63.6 Å². The van der Waals surface area contributed by atoms with E-state index in [-0.39, 0.29) is 11.7 Å². The summed E-state index contributed by atoms with van der Waals surface area (Å²) in [6, 6.07) is 1.77. The Morgan fingerprint density at radius 1 is 1.44 bits per heavy atom. The molecule has 0 saturated heterocycles. The van der Waals surface area contributed by atoms with Gasteiger partial charge in [-0.3, -0.25) is 4.79 Å². The van der Waals surface area contributed by atoms with Crippen LogP contribution in [0.25, 0.3) is 0 Å². The molecule has 0 aromatic carbocycles. The van der Waals surface area contributed by atoms with Crippen molar-refractivity contribution in [1.29, 1.82) is 0 Å². The molecular weight excluding hydrogens is 272 g/mol. The Hall–Kier alpha value is -1.01. The van der Waals surface area contributed by atoms with Crippen LogP contribution in [0, 0.1) is 0 Å². The Balaban J connectivity index is 2.40. The fraction of sp³-hybridized carbons (Fsp3) is 0.500. The summed E-state index contributed by atoms with van der Waals surface area (Å²) < 4.78 is 5.16. The third kappa shape index (κ3) is 5.10. The summed E-state index contributed by atoms with van der Waals surface area (Å²) >= 11 is 2.56.